The molecule has 0 unspecified atom stereocenters. The van der Waals surface area contributed by atoms with Gasteiger partial charge in [0.2, 0.25) is 5.91 Å². The summed E-state index contributed by atoms with van der Waals surface area (Å²) in [6, 6.07) is 0.406. The molecule has 0 aromatic rings. The molecule has 1 amide bonds. The van der Waals surface area contributed by atoms with E-state index >= 15 is 0 Å². The van der Waals surface area contributed by atoms with Crippen LogP contribution in [0.15, 0.2) is 0 Å². The molecule has 2 aliphatic rings. The number of carbonyl (C=O) groups excluding carboxylic acids is 1. The van der Waals surface area contributed by atoms with Crippen molar-refractivity contribution < 1.29 is 9.53 Å². The van der Waals surface area contributed by atoms with Gasteiger partial charge in [-0.15, -0.1) is 0 Å². The van der Waals surface area contributed by atoms with E-state index in [0.29, 0.717) is 12.6 Å². The van der Waals surface area contributed by atoms with Crippen molar-refractivity contribution >= 4 is 5.91 Å². The van der Waals surface area contributed by atoms with Crippen molar-refractivity contribution in [2.45, 2.75) is 57.4 Å². The van der Waals surface area contributed by atoms with E-state index in [2.05, 4.69) is 15.5 Å². The Bertz CT molecular complexity index is 298. The molecule has 1 saturated heterocycles. The van der Waals surface area contributed by atoms with Gasteiger partial charge in [0.25, 0.3) is 0 Å². The molecule has 5 heteroatoms. The summed E-state index contributed by atoms with van der Waals surface area (Å²) in [5.74, 6) is 0.164. The van der Waals surface area contributed by atoms with Crippen LogP contribution in [0.1, 0.15) is 51.4 Å². The molecule has 1 aliphatic heterocycles. The predicted molar refractivity (Wildman–Crippen MR) is 89.0 cm³/mol. The molecular formula is C17H33N3O2. The third kappa shape index (κ3) is 7.56. The van der Waals surface area contributed by atoms with Crippen molar-refractivity contribution in [3.05, 3.63) is 0 Å². The largest absolute Gasteiger partial charge is 0.379 e. The first-order chi connectivity index (χ1) is 10.8. The van der Waals surface area contributed by atoms with Gasteiger partial charge in [0, 0.05) is 19.1 Å². The number of amides is 1. The Hall–Kier alpha value is -0.650. The summed E-state index contributed by atoms with van der Waals surface area (Å²) in [6.07, 6.45) is 9.95. The molecular weight excluding hydrogens is 278 g/mol. The third-order valence-corrected chi connectivity index (χ3v) is 4.69. The van der Waals surface area contributed by atoms with Crippen LogP contribution in [0.5, 0.6) is 0 Å². The van der Waals surface area contributed by atoms with Crippen LogP contribution in [-0.2, 0) is 9.53 Å². The molecule has 22 heavy (non-hydrogen) atoms. The average molecular weight is 311 g/mol. The van der Waals surface area contributed by atoms with Gasteiger partial charge in [-0.2, -0.15) is 0 Å². The zero-order valence-corrected chi connectivity index (χ0v) is 13.9. The van der Waals surface area contributed by atoms with Gasteiger partial charge in [-0.25, -0.2) is 0 Å². The highest BCUT2D eigenvalue weighted by molar-refractivity contribution is 5.78. The zero-order valence-electron chi connectivity index (χ0n) is 13.9. The van der Waals surface area contributed by atoms with Crippen molar-refractivity contribution in [2.75, 3.05) is 45.9 Å². The van der Waals surface area contributed by atoms with Crippen LogP contribution in [0.4, 0.5) is 0 Å². The van der Waals surface area contributed by atoms with E-state index in [9.17, 15) is 4.79 Å². The van der Waals surface area contributed by atoms with E-state index < -0.39 is 0 Å². The summed E-state index contributed by atoms with van der Waals surface area (Å²) >= 11 is 0. The molecule has 2 N–H and O–H groups in total. The second-order valence-electron chi connectivity index (χ2n) is 6.59. The molecule has 1 heterocycles. The number of nitrogens with one attached hydrogen (secondary N) is 2. The van der Waals surface area contributed by atoms with Crippen LogP contribution < -0.4 is 10.6 Å². The molecule has 1 saturated carbocycles. The van der Waals surface area contributed by atoms with Gasteiger partial charge in [-0.1, -0.05) is 32.1 Å². The monoisotopic (exact) mass is 311 g/mol. The molecule has 0 atom stereocenters. The van der Waals surface area contributed by atoms with Gasteiger partial charge in [-0.05, 0) is 32.4 Å². The fraction of sp³-hybridized carbons (Fsp3) is 0.941. The van der Waals surface area contributed by atoms with Crippen LogP contribution >= 0.6 is 0 Å². The van der Waals surface area contributed by atoms with Crippen molar-refractivity contribution in [1.29, 1.82) is 0 Å². The van der Waals surface area contributed by atoms with Gasteiger partial charge in [0.15, 0.2) is 0 Å². The fourth-order valence-corrected chi connectivity index (χ4v) is 3.33. The highest BCUT2D eigenvalue weighted by Gasteiger charge is 2.13. The minimum absolute atomic E-state index is 0.164. The SMILES string of the molecule is O=C(CNCCCN1CCOCC1)NC1CCCCCCC1. The van der Waals surface area contributed by atoms with E-state index in [-0.39, 0.29) is 5.91 Å². The summed E-state index contributed by atoms with van der Waals surface area (Å²) in [5.41, 5.74) is 0. The molecule has 0 radical (unpaired) electrons. The first kappa shape index (κ1) is 17.7. The van der Waals surface area contributed by atoms with Crippen molar-refractivity contribution in [2.24, 2.45) is 0 Å². The molecule has 128 valence electrons. The molecule has 5 nitrogen and oxygen atoms in total. The number of ether oxygens (including phenoxy) is 1. The second-order valence-corrected chi connectivity index (χ2v) is 6.59. The Labute approximate surface area is 135 Å². The fourth-order valence-electron chi connectivity index (χ4n) is 3.33. The van der Waals surface area contributed by atoms with Gasteiger partial charge in [-0.3, -0.25) is 9.69 Å². The summed E-state index contributed by atoms with van der Waals surface area (Å²) in [5, 5.41) is 6.47. The van der Waals surface area contributed by atoms with Gasteiger partial charge < -0.3 is 15.4 Å². The minimum Gasteiger partial charge on any atom is -0.379 e. The summed E-state index contributed by atoms with van der Waals surface area (Å²) in [6.45, 7) is 6.27. The van der Waals surface area contributed by atoms with Gasteiger partial charge in [0.05, 0.1) is 19.8 Å². The predicted octanol–water partition coefficient (Wildman–Crippen LogP) is 1.53. The molecule has 2 rings (SSSR count). The zero-order chi connectivity index (χ0) is 15.5. The smallest absolute Gasteiger partial charge is 0.234 e. The Kier molecular flexibility index (Phi) is 8.83. The maximum Gasteiger partial charge on any atom is 0.234 e. The van der Waals surface area contributed by atoms with Gasteiger partial charge >= 0.3 is 0 Å². The topological polar surface area (TPSA) is 53.6 Å². The number of hydrogen-bond acceptors (Lipinski definition) is 4. The average Bonchev–Trinajstić information content (AvgIpc) is 2.50. The molecule has 0 aromatic heterocycles. The number of morpholine rings is 1. The first-order valence-electron chi connectivity index (χ1n) is 9.15. The van der Waals surface area contributed by atoms with Crippen LogP contribution in [0.25, 0.3) is 0 Å². The lowest BCUT2D eigenvalue weighted by molar-refractivity contribution is -0.121. The lowest BCUT2D eigenvalue weighted by Gasteiger charge is -2.26. The molecule has 0 spiro atoms. The van der Waals surface area contributed by atoms with E-state index in [1.54, 1.807) is 0 Å². The minimum atomic E-state index is 0.164. The van der Waals surface area contributed by atoms with Crippen molar-refractivity contribution in [3.8, 4) is 0 Å². The molecule has 2 fully saturated rings. The van der Waals surface area contributed by atoms with Gasteiger partial charge in [0.1, 0.15) is 0 Å². The lowest BCUT2D eigenvalue weighted by Crippen LogP contribution is -2.41. The van der Waals surface area contributed by atoms with E-state index in [4.69, 9.17) is 4.74 Å². The normalized spacial score (nSPS) is 22.0. The Morgan fingerprint density at radius 2 is 1.73 bits per heavy atom. The number of carbonyl (C=O) groups is 1. The highest BCUT2D eigenvalue weighted by Crippen LogP contribution is 2.16. The highest BCUT2D eigenvalue weighted by atomic mass is 16.5. The standard InChI is InChI=1S/C17H33N3O2/c21-17(19-16-7-4-2-1-3-5-8-16)15-18-9-6-10-20-11-13-22-14-12-20/h16,18H,1-15H2,(H,19,21). The van der Waals surface area contributed by atoms with E-state index in [1.165, 1.54) is 32.1 Å². The Balaban J connectivity index is 1.47. The second kappa shape index (κ2) is 11.0. The summed E-state index contributed by atoms with van der Waals surface area (Å²) < 4.78 is 5.34. The number of rotatable bonds is 7. The third-order valence-electron chi connectivity index (χ3n) is 4.69. The lowest BCUT2D eigenvalue weighted by atomic mass is 9.97. The molecule has 0 aromatic carbocycles. The number of hydrogen-bond donors (Lipinski definition) is 2. The quantitative estimate of drug-likeness (QED) is 0.700. The Morgan fingerprint density at radius 3 is 2.45 bits per heavy atom. The molecule has 1 aliphatic carbocycles. The van der Waals surface area contributed by atoms with Crippen molar-refractivity contribution in [3.63, 3.8) is 0 Å². The van der Waals surface area contributed by atoms with Crippen LogP contribution in [0.2, 0.25) is 0 Å². The summed E-state index contributed by atoms with van der Waals surface area (Å²) in [4.78, 5) is 14.4. The van der Waals surface area contributed by atoms with E-state index in [1.807, 2.05) is 0 Å². The van der Waals surface area contributed by atoms with Crippen LogP contribution in [0, 0.1) is 0 Å². The van der Waals surface area contributed by atoms with Crippen LogP contribution in [-0.4, -0.2) is 62.8 Å². The maximum absolute atomic E-state index is 12.0. The Morgan fingerprint density at radius 1 is 1.05 bits per heavy atom. The van der Waals surface area contributed by atoms with E-state index in [0.717, 1.165) is 58.7 Å². The molecule has 0 bridgehead atoms. The van der Waals surface area contributed by atoms with Crippen molar-refractivity contribution in [1.82, 2.24) is 15.5 Å². The first-order valence-corrected chi connectivity index (χ1v) is 9.15. The van der Waals surface area contributed by atoms with Crippen LogP contribution in [0.3, 0.4) is 0 Å². The number of nitrogens with zero attached hydrogens (tertiary/aromatic N) is 1. The maximum atomic E-state index is 12.0. The summed E-state index contributed by atoms with van der Waals surface area (Å²) in [7, 11) is 0.